The molecule has 2 heterocycles. The highest BCUT2D eigenvalue weighted by molar-refractivity contribution is 14.1. The van der Waals surface area contributed by atoms with Crippen LogP contribution in [0.1, 0.15) is 50.6 Å². The molecule has 0 fully saturated rings. The molecular formula is C22H21IN2O2S. The minimum atomic E-state index is -0.823. The molecule has 6 heteroatoms. The standard InChI is InChI=1S/C22H21IN2O2S/c1-13-10-15(12-24-17-7-5-6-16(23)11-17)14(2)25(13)21-20(22(26)27)18-8-3-4-9-19(18)28-21/h5-7,10-12H,3-4,8-9H2,1-2H3,(H,26,27). The second-order valence-corrected chi connectivity index (χ2v) is 9.43. The highest BCUT2D eigenvalue weighted by atomic mass is 127. The van der Waals surface area contributed by atoms with E-state index in [1.165, 1.54) is 4.88 Å². The van der Waals surface area contributed by atoms with Crippen LogP contribution in [0.5, 0.6) is 0 Å². The summed E-state index contributed by atoms with van der Waals surface area (Å²) in [5, 5.41) is 10.7. The van der Waals surface area contributed by atoms with Crippen molar-refractivity contribution < 1.29 is 9.90 Å². The maximum Gasteiger partial charge on any atom is 0.339 e. The Labute approximate surface area is 182 Å². The number of aromatic carboxylic acids is 1. The van der Waals surface area contributed by atoms with Gasteiger partial charge in [-0.1, -0.05) is 6.07 Å². The molecule has 0 bridgehead atoms. The fourth-order valence-electron chi connectivity index (χ4n) is 3.86. The molecule has 0 spiro atoms. The molecule has 2 aromatic heterocycles. The van der Waals surface area contributed by atoms with E-state index in [-0.39, 0.29) is 0 Å². The Morgan fingerprint density at radius 2 is 2.04 bits per heavy atom. The number of hydrogen-bond acceptors (Lipinski definition) is 3. The molecule has 1 N–H and O–H groups in total. The molecule has 0 radical (unpaired) electrons. The van der Waals surface area contributed by atoms with Gasteiger partial charge >= 0.3 is 5.97 Å². The number of hydrogen-bond donors (Lipinski definition) is 1. The van der Waals surface area contributed by atoms with Gasteiger partial charge in [0.1, 0.15) is 5.00 Å². The van der Waals surface area contributed by atoms with Crippen LogP contribution < -0.4 is 0 Å². The Bertz CT molecular complexity index is 1090. The molecule has 0 amide bonds. The van der Waals surface area contributed by atoms with Crippen molar-refractivity contribution in [2.24, 2.45) is 4.99 Å². The number of carboxylic acids is 1. The summed E-state index contributed by atoms with van der Waals surface area (Å²) in [4.78, 5) is 17.9. The van der Waals surface area contributed by atoms with Gasteiger partial charge < -0.3 is 9.67 Å². The van der Waals surface area contributed by atoms with E-state index in [1.807, 2.05) is 44.3 Å². The Morgan fingerprint density at radius 1 is 1.25 bits per heavy atom. The molecule has 1 aliphatic rings. The first-order valence-corrected chi connectivity index (χ1v) is 11.2. The van der Waals surface area contributed by atoms with Gasteiger partial charge in [0.15, 0.2) is 0 Å². The van der Waals surface area contributed by atoms with Crippen molar-refractivity contribution >= 4 is 51.8 Å². The smallest absolute Gasteiger partial charge is 0.339 e. The second kappa shape index (κ2) is 7.83. The van der Waals surface area contributed by atoms with E-state index in [4.69, 9.17) is 0 Å². The van der Waals surface area contributed by atoms with Crippen LogP contribution in [0.2, 0.25) is 0 Å². The third-order valence-electron chi connectivity index (χ3n) is 5.20. The van der Waals surface area contributed by atoms with Crippen LogP contribution in [0, 0.1) is 17.4 Å². The molecule has 4 nitrogen and oxygen atoms in total. The third kappa shape index (κ3) is 3.55. The summed E-state index contributed by atoms with van der Waals surface area (Å²) in [5.74, 6) is -0.823. The summed E-state index contributed by atoms with van der Waals surface area (Å²) in [6.07, 6.45) is 5.94. The molecule has 28 heavy (non-hydrogen) atoms. The van der Waals surface area contributed by atoms with Crippen molar-refractivity contribution in [2.75, 3.05) is 0 Å². The molecular weight excluding hydrogens is 483 g/mol. The fourth-order valence-corrected chi connectivity index (χ4v) is 5.88. The van der Waals surface area contributed by atoms with Gasteiger partial charge in [0.25, 0.3) is 0 Å². The van der Waals surface area contributed by atoms with Crippen molar-refractivity contribution in [1.29, 1.82) is 0 Å². The second-order valence-electron chi connectivity index (χ2n) is 7.10. The minimum absolute atomic E-state index is 0.489. The van der Waals surface area contributed by atoms with Crippen LogP contribution in [0.25, 0.3) is 5.00 Å². The zero-order valence-electron chi connectivity index (χ0n) is 15.8. The van der Waals surface area contributed by atoms with Gasteiger partial charge in [-0.25, -0.2) is 4.79 Å². The van der Waals surface area contributed by atoms with E-state index < -0.39 is 5.97 Å². The van der Waals surface area contributed by atoms with Crippen molar-refractivity contribution in [2.45, 2.75) is 39.5 Å². The number of carboxylic acid groups (broad SMARTS) is 1. The zero-order valence-corrected chi connectivity index (χ0v) is 18.8. The number of halogens is 1. The van der Waals surface area contributed by atoms with Gasteiger partial charge in [0, 0.05) is 31.6 Å². The molecule has 144 valence electrons. The van der Waals surface area contributed by atoms with Crippen LogP contribution in [0.15, 0.2) is 35.3 Å². The van der Waals surface area contributed by atoms with Crippen LogP contribution in [-0.2, 0) is 12.8 Å². The lowest BCUT2D eigenvalue weighted by Crippen LogP contribution is -2.09. The predicted molar refractivity (Wildman–Crippen MR) is 123 cm³/mol. The molecule has 0 aliphatic heterocycles. The lowest BCUT2D eigenvalue weighted by atomic mass is 9.95. The number of aryl methyl sites for hydroxylation is 2. The van der Waals surface area contributed by atoms with Gasteiger partial charge in [-0.05, 0) is 92.0 Å². The number of nitrogens with zero attached hydrogens (tertiary/aromatic N) is 2. The lowest BCUT2D eigenvalue weighted by molar-refractivity contribution is 0.0696. The molecule has 1 aromatic carbocycles. The van der Waals surface area contributed by atoms with Crippen molar-refractivity contribution in [3.05, 3.63) is 66.9 Å². The summed E-state index contributed by atoms with van der Waals surface area (Å²) in [6.45, 7) is 4.06. The first kappa shape index (κ1) is 19.4. The number of benzene rings is 1. The number of aromatic nitrogens is 1. The number of carbonyl (C=O) groups is 1. The summed E-state index contributed by atoms with van der Waals surface area (Å²) in [5.41, 5.74) is 5.51. The van der Waals surface area contributed by atoms with Crippen molar-refractivity contribution in [1.82, 2.24) is 4.57 Å². The predicted octanol–water partition coefficient (Wildman–Crippen LogP) is 6.09. The highest BCUT2D eigenvalue weighted by Crippen LogP contribution is 2.38. The monoisotopic (exact) mass is 504 g/mol. The van der Waals surface area contributed by atoms with Gasteiger partial charge in [-0.2, -0.15) is 0 Å². The van der Waals surface area contributed by atoms with E-state index in [0.717, 1.165) is 62.5 Å². The Kier molecular flexibility index (Phi) is 5.42. The number of rotatable bonds is 4. The van der Waals surface area contributed by atoms with Gasteiger partial charge in [-0.3, -0.25) is 4.99 Å². The lowest BCUT2D eigenvalue weighted by Gasteiger charge is -2.11. The van der Waals surface area contributed by atoms with Crippen LogP contribution in [-0.4, -0.2) is 21.9 Å². The normalized spacial score (nSPS) is 13.8. The quantitative estimate of drug-likeness (QED) is 0.346. The first-order valence-electron chi connectivity index (χ1n) is 9.32. The van der Waals surface area contributed by atoms with Crippen molar-refractivity contribution in [3.8, 4) is 5.00 Å². The number of fused-ring (bicyclic) bond motifs is 1. The van der Waals surface area contributed by atoms with Crippen LogP contribution in [0.3, 0.4) is 0 Å². The molecule has 0 atom stereocenters. The van der Waals surface area contributed by atoms with E-state index in [9.17, 15) is 9.90 Å². The Morgan fingerprint density at radius 3 is 2.79 bits per heavy atom. The fraction of sp³-hybridized carbons (Fsp3) is 0.273. The molecule has 4 rings (SSSR count). The van der Waals surface area contributed by atoms with E-state index in [1.54, 1.807) is 11.3 Å². The topological polar surface area (TPSA) is 54.6 Å². The average Bonchev–Trinajstić information content (AvgIpc) is 3.16. The molecule has 0 saturated heterocycles. The van der Waals surface area contributed by atoms with Gasteiger partial charge in [0.05, 0.1) is 11.3 Å². The maximum absolute atomic E-state index is 12.1. The summed E-state index contributed by atoms with van der Waals surface area (Å²) in [6, 6.07) is 10.1. The minimum Gasteiger partial charge on any atom is -0.478 e. The largest absolute Gasteiger partial charge is 0.478 e. The molecule has 0 saturated carbocycles. The molecule has 3 aromatic rings. The van der Waals surface area contributed by atoms with Crippen LogP contribution >= 0.6 is 33.9 Å². The van der Waals surface area contributed by atoms with E-state index in [2.05, 4.69) is 38.2 Å². The Balaban J connectivity index is 1.78. The zero-order chi connectivity index (χ0) is 19.8. The average molecular weight is 504 g/mol. The van der Waals surface area contributed by atoms with E-state index in [0.29, 0.717) is 5.56 Å². The van der Waals surface area contributed by atoms with Gasteiger partial charge in [-0.15, -0.1) is 11.3 Å². The summed E-state index contributed by atoms with van der Waals surface area (Å²) >= 11 is 3.92. The SMILES string of the molecule is Cc1cc(C=Nc2cccc(I)c2)c(C)n1-c1sc2c(c1C(=O)O)CCCC2. The third-order valence-corrected chi connectivity index (χ3v) is 7.15. The molecule has 0 unspecified atom stereocenters. The Hall–Kier alpha value is -1.93. The first-order chi connectivity index (χ1) is 13.5. The van der Waals surface area contributed by atoms with Gasteiger partial charge in [0.2, 0.25) is 0 Å². The van der Waals surface area contributed by atoms with Crippen LogP contribution in [0.4, 0.5) is 5.69 Å². The number of thiophene rings is 1. The number of aliphatic imine (C=N–C) groups is 1. The van der Waals surface area contributed by atoms with Crippen molar-refractivity contribution in [3.63, 3.8) is 0 Å². The molecule has 1 aliphatic carbocycles. The highest BCUT2D eigenvalue weighted by Gasteiger charge is 2.27. The summed E-state index contributed by atoms with van der Waals surface area (Å²) < 4.78 is 3.23. The van der Waals surface area contributed by atoms with E-state index >= 15 is 0 Å². The summed E-state index contributed by atoms with van der Waals surface area (Å²) in [7, 11) is 0. The maximum atomic E-state index is 12.1.